The normalized spacial score (nSPS) is 16.1. The van der Waals surface area contributed by atoms with E-state index in [0.717, 1.165) is 23.0 Å². The number of nitrogens with zero attached hydrogens (tertiary/aromatic N) is 2. The lowest BCUT2D eigenvalue weighted by Crippen LogP contribution is -2.32. The molecule has 0 saturated heterocycles. The van der Waals surface area contributed by atoms with E-state index in [-0.39, 0.29) is 17.1 Å². The third-order valence-corrected chi connectivity index (χ3v) is 5.88. The number of carbonyl (C=O) groups excluding carboxylic acids is 1. The Balaban J connectivity index is 1.88. The summed E-state index contributed by atoms with van der Waals surface area (Å²) in [5.41, 5.74) is 1.42. The lowest BCUT2D eigenvalue weighted by atomic mass is 9.98. The van der Waals surface area contributed by atoms with Crippen molar-refractivity contribution in [3.63, 3.8) is 0 Å². The van der Waals surface area contributed by atoms with Gasteiger partial charge in [-0.15, -0.1) is 0 Å². The Bertz CT molecular complexity index is 1140. The molecule has 1 aliphatic heterocycles. The van der Waals surface area contributed by atoms with Crippen molar-refractivity contribution in [2.24, 2.45) is 0 Å². The predicted molar refractivity (Wildman–Crippen MR) is 118 cm³/mol. The minimum absolute atomic E-state index is 0.127. The Kier molecular flexibility index (Phi) is 5.51. The molecule has 3 aromatic rings. The quantitative estimate of drug-likeness (QED) is 0.536. The van der Waals surface area contributed by atoms with Gasteiger partial charge in [-0.3, -0.25) is 9.59 Å². The highest BCUT2D eigenvalue weighted by atomic mass is 79.9. The van der Waals surface area contributed by atoms with Crippen molar-refractivity contribution >= 4 is 44.4 Å². The van der Waals surface area contributed by atoms with Gasteiger partial charge in [0, 0.05) is 16.0 Å². The van der Waals surface area contributed by atoms with E-state index in [4.69, 9.17) is 16.0 Å². The van der Waals surface area contributed by atoms with Gasteiger partial charge in [-0.25, -0.2) is 0 Å². The Morgan fingerprint density at radius 2 is 1.86 bits per heavy atom. The van der Waals surface area contributed by atoms with Crippen molar-refractivity contribution in [2.75, 3.05) is 27.2 Å². The maximum absolute atomic E-state index is 13.4. The van der Waals surface area contributed by atoms with E-state index < -0.39 is 6.04 Å². The van der Waals surface area contributed by atoms with Gasteiger partial charge in [0.2, 0.25) is 5.76 Å². The zero-order chi connectivity index (χ0) is 20.7. The average Bonchev–Trinajstić information content (AvgIpc) is 2.95. The Morgan fingerprint density at radius 1 is 1.14 bits per heavy atom. The van der Waals surface area contributed by atoms with Crippen LogP contribution in [0.1, 0.15) is 34.1 Å². The van der Waals surface area contributed by atoms with Gasteiger partial charge in [0.15, 0.2) is 5.43 Å². The number of fused-ring (bicyclic) bond motifs is 2. The summed E-state index contributed by atoms with van der Waals surface area (Å²) in [6, 6.07) is 12.1. The van der Waals surface area contributed by atoms with Crippen LogP contribution >= 0.6 is 27.5 Å². The van der Waals surface area contributed by atoms with Crippen LogP contribution in [0, 0.1) is 0 Å². The molecule has 1 amide bonds. The first-order chi connectivity index (χ1) is 13.9. The summed E-state index contributed by atoms with van der Waals surface area (Å²) < 4.78 is 6.85. The number of hydrogen-bond donors (Lipinski definition) is 0. The van der Waals surface area contributed by atoms with Crippen LogP contribution in [0.15, 0.2) is 56.1 Å². The van der Waals surface area contributed by atoms with Gasteiger partial charge < -0.3 is 14.2 Å². The third kappa shape index (κ3) is 3.72. The van der Waals surface area contributed by atoms with E-state index in [1.165, 1.54) is 0 Å². The molecule has 0 radical (unpaired) electrons. The smallest absolute Gasteiger partial charge is 0.290 e. The fourth-order valence-electron chi connectivity index (χ4n) is 3.77. The molecule has 7 heteroatoms. The zero-order valence-electron chi connectivity index (χ0n) is 16.1. The zero-order valence-corrected chi connectivity index (χ0v) is 18.5. The number of hydrogen-bond acceptors (Lipinski definition) is 4. The first kappa shape index (κ1) is 20.1. The molecular formula is C22H20BrClN2O3. The lowest BCUT2D eigenvalue weighted by Gasteiger charge is -2.25. The first-order valence-corrected chi connectivity index (χ1v) is 10.5. The number of amides is 1. The van der Waals surface area contributed by atoms with Crippen LogP contribution in [0.2, 0.25) is 5.02 Å². The molecule has 29 heavy (non-hydrogen) atoms. The summed E-state index contributed by atoms with van der Waals surface area (Å²) in [5.74, 6) is -0.122. The van der Waals surface area contributed by atoms with Crippen molar-refractivity contribution in [3.05, 3.63) is 79.1 Å². The SMILES string of the molecule is CN(C)CCCN1C(=O)c2oc3ccc(Cl)cc3c(=O)c2C1c1ccc(Br)cc1. The minimum Gasteiger partial charge on any atom is -0.450 e. The summed E-state index contributed by atoms with van der Waals surface area (Å²) in [5, 5.41) is 0.846. The standard InChI is InChI=1S/C22H20BrClN2O3/c1-25(2)10-3-11-26-19(13-4-6-14(23)7-5-13)18-20(27)16-12-15(24)8-9-17(16)29-21(18)22(26)28/h4-9,12,19H,3,10-11H2,1-2H3. The first-order valence-electron chi connectivity index (χ1n) is 9.34. The molecule has 0 spiro atoms. The molecule has 2 aromatic carbocycles. The van der Waals surface area contributed by atoms with Crippen LogP contribution in [-0.4, -0.2) is 42.9 Å². The van der Waals surface area contributed by atoms with Gasteiger partial charge in [-0.1, -0.05) is 39.7 Å². The summed E-state index contributed by atoms with van der Waals surface area (Å²) in [6.07, 6.45) is 0.791. The number of halogens is 2. The molecule has 150 valence electrons. The molecule has 0 aliphatic carbocycles. The van der Waals surface area contributed by atoms with E-state index in [2.05, 4.69) is 20.8 Å². The number of benzene rings is 2. The van der Waals surface area contributed by atoms with Crippen LogP contribution in [0.3, 0.4) is 0 Å². The van der Waals surface area contributed by atoms with E-state index in [9.17, 15) is 9.59 Å². The van der Waals surface area contributed by atoms with Crippen LogP contribution in [0.4, 0.5) is 0 Å². The molecule has 1 aliphatic rings. The highest BCUT2D eigenvalue weighted by Crippen LogP contribution is 2.38. The van der Waals surface area contributed by atoms with E-state index >= 15 is 0 Å². The fourth-order valence-corrected chi connectivity index (χ4v) is 4.21. The maximum Gasteiger partial charge on any atom is 0.290 e. The molecule has 5 nitrogen and oxygen atoms in total. The largest absolute Gasteiger partial charge is 0.450 e. The van der Waals surface area contributed by atoms with Crippen LogP contribution in [0.25, 0.3) is 11.0 Å². The summed E-state index contributed by atoms with van der Waals surface area (Å²) >= 11 is 9.54. The van der Waals surface area contributed by atoms with E-state index in [0.29, 0.717) is 28.1 Å². The summed E-state index contributed by atoms with van der Waals surface area (Å²) in [7, 11) is 3.99. The molecule has 4 rings (SSSR count). The van der Waals surface area contributed by atoms with Crippen molar-refractivity contribution in [2.45, 2.75) is 12.5 Å². The molecule has 1 aromatic heterocycles. The minimum atomic E-state index is -0.479. The fraction of sp³-hybridized carbons (Fsp3) is 0.273. The summed E-state index contributed by atoms with van der Waals surface area (Å²) in [4.78, 5) is 30.4. The second-order valence-electron chi connectivity index (χ2n) is 7.42. The summed E-state index contributed by atoms with van der Waals surface area (Å²) in [6.45, 7) is 1.37. The predicted octanol–water partition coefficient (Wildman–Crippen LogP) is 4.71. The lowest BCUT2D eigenvalue weighted by molar-refractivity contribution is 0.0722. The monoisotopic (exact) mass is 474 g/mol. The third-order valence-electron chi connectivity index (χ3n) is 5.12. The topological polar surface area (TPSA) is 53.8 Å². The molecule has 1 atom stereocenters. The number of rotatable bonds is 5. The van der Waals surface area contributed by atoms with Crippen LogP contribution in [0.5, 0.6) is 0 Å². The highest BCUT2D eigenvalue weighted by Gasteiger charge is 2.42. The van der Waals surface area contributed by atoms with Gasteiger partial charge >= 0.3 is 0 Å². The van der Waals surface area contributed by atoms with Gasteiger partial charge in [0.05, 0.1) is 17.0 Å². The maximum atomic E-state index is 13.4. The average molecular weight is 476 g/mol. The second kappa shape index (κ2) is 7.94. The van der Waals surface area contributed by atoms with Crippen molar-refractivity contribution in [1.82, 2.24) is 9.80 Å². The molecule has 0 fully saturated rings. The second-order valence-corrected chi connectivity index (χ2v) is 8.78. The van der Waals surface area contributed by atoms with Gasteiger partial charge in [0.1, 0.15) is 5.58 Å². The Morgan fingerprint density at radius 3 is 2.55 bits per heavy atom. The van der Waals surface area contributed by atoms with Gasteiger partial charge in [0.25, 0.3) is 5.91 Å². The van der Waals surface area contributed by atoms with Crippen molar-refractivity contribution in [1.29, 1.82) is 0 Å². The van der Waals surface area contributed by atoms with Gasteiger partial charge in [-0.05, 0) is 63.0 Å². The van der Waals surface area contributed by atoms with Crippen LogP contribution < -0.4 is 5.43 Å². The van der Waals surface area contributed by atoms with Gasteiger partial charge in [-0.2, -0.15) is 0 Å². The van der Waals surface area contributed by atoms with Crippen LogP contribution in [-0.2, 0) is 0 Å². The highest BCUT2D eigenvalue weighted by molar-refractivity contribution is 9.10. The number of carbonyl (C=O) groups is 1. The molecule has 0 N–H and O–H groups in total. The molecule has 2 heterocycles. The van der Waals surface area contributed by atoms with Crippen molar-refractivity contribution < 1.29 is 9.21 Å². The molecule has 0 bridgehead atoms. The Labute approximate surface area is 182 Å². The van der Waals surface area contributed by atoms with E-state index in [1.54, 1.807) is 23.1 Å². The van der Waals surface area contributed by atoms with Crippen molar-refractivity contribution in [3.8, 4) is 0 Å². The van der Waals surface area contributed by atoms with E-state index in [1.807, 2.05) is 38.4 Å². The molecule has 1 unspecified atom stereocenters. The molecular weight excluding hydrogens is 456 g/mol. The Hall–Kier alpha value is -2.15. The molecule has 0 saturated carbocycles.